The molecule has 0 unspecified atom stereocenters. The van der Waals surface area contributed by atoms with Crippen molar-refractivity contribution in [3.05, 3.63) is 51.5 Å². The van der Waals surface area contributed by atoms with Crippen LogP contribution in [0.1, 0.15) is 11.3 Å². The minimum atomic E-state index is -0.217. The molecule has 1 amide bonds. The number of hydrogen-bond donors (Lipinski definition) is 2. The number of carbonyl (C=O) groups is 1. The summed E-state index contributed by atoms with van der Waals surface area (Å²) >= 11 is 2.06. The molecule has 0 fully saturated rings. The molecule has 0 aliphatic rings. The second kappa shape index (κ2) is 7.09. The van der Waals surface area contributed by atoms with Crippen LogP contribution in [-0.4, -0.2) is 18.7 Å². The van der Waals surface area contributed by atoms with Gasteiger partial charge in [-0.15, -0.1) is 0 Å². The Kier molecular flexibility index (Phi) is 5.16. The maximum Gasteiger partial charge on any atom is 0.259 e. The van der Waals surface area contributed by atoms with Crippen molar-refractivity contribution in [2.45, 2.75) is 6.92 Å². The molecule has 2 rings (SSSR count). The van der Waals surface area contributed by atoms with Gasteiger partial charge in [0.05, 0.1) is 12.8 Å². The molecule has 0 spiro atoms. The third-order valence-corrected chi connectivity index (χ3v) is 3.14. The fourth-order valence-corrected chi connectivity index (χ4v) is 1.99. The lowest BCUT2D eigenvalue weighted by Crippen LogP contribution is -2.26. The smallest absolute Gasteiger partial charge is 0.259 e. The number of nitrogens with one attached hydrogen (secondary N) is 2. The zero-order valence-corrected chi connectivity index (χ0v) is 13.0. The quantitative estimate of drug-likeness (QED) is 0.474. The Hall–Kier alpha value is -1.83. The highest BCUT2D eigenvalue weighted by Crippen LogP contribution is 2.12. The molecule has 1 heterocycles. The van der Waals surface area contributed by atoms with Gasteiger partial charge in [0.2, 0.25) is 0 Å². The number of halogens is 1. The molecule has 104 valence electrons. The Morgan fingerprint density at radius 3 is 2.85 bits per heavy atom. The number of nitrogens with zero attached hydrogens (tertiary/aromatic N) is 1. The molecule has 0 aliphatic carbocycles. The number of carbonyl (C=O) groups excluding carboxylic acids is 1. The van der Waals surface area contributed by atoms with Crippen molar-refractivity contribution in [1.82, 2.24) is 5.43 Å². The first kappa shape index (κ1) is 14.6. The van der Waals surface area contributed by atoms with Crippen molar-refractivity contribution in [2.75, 3.05) is 11.9 Å². The lowest BCUT2D eigenvalue weighted by Gasteiger charge is -2.07. The SMILES string of the molecule is Cc1ccccc1NCC(=O)N/N=C\c1ccc(I)o1. The van der Waals surface area contributed by atoms with Crippen LogP contribution >= 0.6 is 22.6 Å². The first-order valence-electron chi connectivity index (χ1n) is 6.02. The van der Waals surface area contributed by atoms with E-state index in [-0.39, 0.29) is 12.5 Å². The van der Waals surface area contributed by atoms with E-state index in [0.717, 1.165) is 15.0 Å². The van der Waals surface area contributed by atoms with E-state index in [9.17, 15) is 4.79 Å². The molecule has 2 N–H and O–H groups in total. The molecular formula is C14H14IN3O2. The highest BCUT2D eigenvalue weighted by Gasteiger charge is 2.01. The normalized spacial score (nSPS) is 10.7. The van der Waals surface area contributed by atoms with Gasteiger partial charge in [-0.05, 0) is 53.3 Å². The van der Waals surface area contributed by atoms with Gasteiger partial charge >= 0.3 is 0 Å². The summed E-state index contributed by atoms with van der Waals surface area (Å²) in [5, 5.41) is 6.88. The average molecular weight is 383 g/mol. The van der Waals surface area contributed by atoms with E-state index in [0.29, 0.717) is 5.76 Å². The molecule has 0 aliphatic heterocycles. The highest BCUT2D eigenvalue weighted by molar-refractivity contribution is 14.1. The van der Waals surface area contributed by atoms with Gasteiger partial charge in [-0.1, -0.05) is 18.2 Å². The predicted octanol–water partition coefficient (Wildman–Crippen LogP) is 2.75. The highest BCUT2D eigenvalue weighted by atomic mass is 127. The zero-order valence-electron chi connectivity index (χ0n) is 10.9. The van der Waals surface area contributed by atoms with E-state index in [4.69, 9.17) is 4.42 Å². The fourth-order valence-electron chi connectivity index (χ4n) is 1.55. The van der Waals surface area contributed by atoms with Gasteiger partial charge in [0.25, 0.3) is 5.91 Å². The summed E-state index contributed by atoms with van der Waals surface area (Å²) in [6.07, 6.45) is 1.47. The molecule has 0 atom stereocenters. The third kappa shape index (κ3) is 4.37. The largest absolute Gasteiger partial charge is 0.449 e. The van der Waals surface area contributed by atoms with Crippen LogP contribution in [0.2, 0.25) is 0 Å². The standard InChI is InChI=1S/C14H14IN3O2/c1-10-4-2-3-5-12(10)16-9-14(19)18-17-8-11-6-7-13(15)20-11/h2-8,16H,9H2,1H3,(H,18,19)/b17-8-. The second-order valence-corrected chi connectivity index (χ2v) is 5.17. The Morgan fingerprint density at radius 2 is 2.15 bits per heavy atom. The van der Waals surface area contributed by atoms with Gasteiger partial charge in [0.15, 0.2) is 3.77 Å². The molecule has 20 heavy (non-hydrogen) atoms. The van der Waals surface area contributed by atoms with Gasteiger partial charge in [-0.3, -0.25) is 4.79 Å². The summed E-state index contributed by atoms with van der Waals surface area (Å²) in [6.45, 7) is 2.15. The predicted molar refractivity (Wildman–Crippen MR) is 86.8 cm³/mol. The lowest BCUT2D eigenvalue weighted by atomic mass is 10.2. The minimum Gasteiger partial charge on any atom is -0.449 e. The van der Waals surface area contributed by atoms with Gasteiger partial charge in [-0.25, -0.2) is 5.43 Å². The van der Waals surface area contributed by atoms with Gasteiger partial charge < -0.3 is 9.73 Å². The molecule has 0 saturated carbocycles. The summed E-state index contributed by atoms with van der Waals surface area (Å²) in [4.78, 5) is 11.6. The molecule has 1 aromatic heterocycles. The number of furan rings is 1. The number of para-hydroxylation sites is 1. The molecular weight excluding hydrogens is 369 g/mol. The molecule has 6 heteroatoms. The number of benzene rings is 1. The first-order chi connectivity index (χ1) is 9.65. The van der Waals surface area contributed by atoms with Crippen LogP contribution < -0.4 is 10.7 Å². The zero-order chi connectivity index (χ0) is 14.4. The second-order valence-electron chi connectivity index (χ2n) is 4.10. The molecule has 2 aromatic rings. The van der Waals surface area contributed by atoms with Gasteiger partial charge in [-0.2, -0.15) is 5.10 Å². The van der Waals surface area contributed by atoms with Crippen LogP contribution in [0.3, 0.4) is 0 Å². The van der Waals surface area contributed by atoms with Crippen molar-refractivity contribution >= 4 is 40.4 Å². The van der Waals surface area contributed by atoms with Crippen LogP contribution in [0.15, 0.2) is 45.9 Å². The van der Waals surface area contributed by atoms with E-state index in [1.165, 1.54) is 6.21 Å². The van der Waals surface area contributed by atoms with E-state index in [1.807, 2.05) is 37.3 Å². The number of anilines is 1. The number of amides is 1. The maximum atomic E-state index is 11.6. The first-order valence-corrected chi connectivity index (χ1v) is 7.10. The van der Waals surface area contributed by atoms with Crippen molar-refractivity contribution in [3.63, 3.8) is 0 Å². The van der Waals surface area contributed by atoms with Crippen molar-refractivity contribution < 1.29 is 9.21 Å². The van der Waals surface area contributed by atoms with E-state index in [1.54, 1.807) is 6.07 Å². The molecule has 5 nitrogen and oxygen atoms in total. The van der Waals surface area contributed by atoms with Crippen LogP contribution in [0, 0.1) is 10.7 Å². The number of rotatable bonds is 5. The lowest BCUT2D eigenvalue weighted by molar-refractivity contribution is -0.119. The monoisotopic (exact) mass is 383 g/mol. The Bertz CT molecular complexity index is 622. The van der Waals surface area contributed by atoms with Crippen LogP contribution in [-0.2, 0) is 4.79 Å². The Morgan fingerprint density at radius 1 is 1.35 bits per heavy atom. The summed E-state index contributed by atoms with van der Waals surface area (Å²) in [6, 6.07) is 11.4. The topological polar surface area (TPSA) is 66.6 Å². The maximum absolute atomic E-state index is 11.6. The van der Waals surface area contributed by atoms with Crippen molar-refractivity contribution in [3.8, 4) is 0 Å². The van der Waals surface area contributed by atoms with Crippen molar-refractivity contribution in [2.24, 2.45) is 5.10 Å². The Balaban J connectivity index is 1.78. The minimum absolute atomic E-state index is 0.165. The number of aryl methyl sites for hydroxylation is 1. The van der Waals surface area contributed by atoms with Crippen LogP contribution in [0.4, 0.5) is 5.69 Å². The summed E-state index contributed by atoms with van der Waals surface area (Å²) < 4.78 is 6.06. The third-order valence-electron chi connectivity index (χ3n) is 2.56. The molecule has 1 aromatic carbocycles. The molecule has 0 radical (unpaired) electrons. The van der Waals surface area contributed by atoms with Crippen LogP contribution in [0.5, 0.6) is 0 Å². The van der Waals surface area contributed by atoms with Crippen molar-refractivity contribution in [1.29, 1.82) is 0 Å². The summed E-state index contributed by atoms with van der Waals surface area (Å²) in [5.74, 6) is 0.382. The molecule has 0 saturated heterocycles. The van der Waals surface area contributed by atoms with E-state index < -0.39 is 0 Å². The molecule has 0 bridgehead atoms. The van der Waals surface area contributed by atoms with E-state index >= 15 is 0 Å². The summed E-state index contributed by atoms with van der Waals surface area (Å²) in [5.41, 5.74) is 4.46. The number of hydrogen-bond acceptors (Lipinski definition) is 4. The Labute approximate surface area is 130 Å². The van der Waals surface area contributed by atoms with E-state index in [2.05, 4.69) is 38.4 Å². The number of hydrazone groups is 1. The fraction of sp³-hybridized carbons (Fsp3) is 0.143. The summed E-state index contributed by atoms with van der Waals surface area (Å²) in [7, 11) is 0. The van der Waals surface area contributed by atoms with Gasteiger partial charge in [0, 0.05) is 5.69 Å². The van der Waals surface area contributed by atoms with Crippen LogP contribution in [0.25, 0.3) is 0 Å². The van der Waals surface area contributed by atoms with Gasteiger partial charge in [0.1, 0.15) is 5.76 Å². The average Bonchev–Trinajstić information content (AvgIpc) is 2.83.